The Bertz CT molecular complexity index is 942. The first-order valence-corrected chi connectivity index (χ1v) is 6.75. The maximum Gasteiger partial charge on any atom is 0.204 e. The van der Waals surface area contributed by atoms with Crippen molar-refractivity contribution in [2.75, 3.05) is 14.2 Å². The molecule has 3 rings (SSSR count). The van der Waals surface area contributed by atoms with Gasteiger partial charge in [-0.2, -0.15) is 0 Å². The smallest absolute Gasteiger partial charge is 0.204 e. The summed E-state index contributed by atoms with van der Waals surface area (Å²) in [7, 11) is 2.83. The quantitative estimate of drug-likeness (QED) is 0.772. The summed E-state index contributed by atoms with van der Waals surface area (Å²) in [5, 5.41) is 20.0. The summed E-state index contributed by atoms with van der Waals surface area (Å²) in [6.07, 6.45) is 1.28. The monoisotopic (exact) mass is 314 g/mol. The van der Waals surface area contributed by atoms with E-state index >= 15 is 0 Å². The predicted molar refractivity (Wildman–Crippen MR) is 84.4 cm³/mol. The molecule has 23 heavy (non-hydrogen) atoms. The van der Waals surface area contributed by atoms with Crippen LogP contribution in [0.2, 0.25) is 0 Å². The number of phenolic OH excluding ortho intramolecular Hbond substituents is 2. The average Bonchev–Trinajstić information content (AvgIpc) is 2.54. The van der Waals surface area contributed by atoms with Gasteiger partial charge in [-0.15, -0.1) is 0 Å². The van der Waals surface area contributed by atoms with E-state index in [-0.39, 0.29) is 39.5 Å². The van der Waals surface area contributed by atoms with E-state index in [0.29, 0.717) is 5.56 Å². The highest BCUT2D eigenvalue weighted by Gasteiger charge is 2.17. The number of methoxy groups -OCH3 is 2. The van der Waals surface area contributed by atoms with E-state index in [1.807, 2.05) is 0 Å². The summed E-state index contributed by atoms with van der Waals surface area (Å²) in [5.74, 6) is 0.116. The number of benzene rings is 2. The van der Waals surface area contributed by atoms with E-state index in [1.54, 1.807) is 18.2 Å². The Morgan fingerprint density at radius 2 is 1.83 bits per heavy atom. The largest absolute Gasteiger partial charge is 0.507 e. The summed E-state index contributed by atoms with van der Waals surface area (Å²) < 4.78 is 15.6. The highest BCUT2D eigenvalue weighted by atomic mass is 16.5. The fourth-order valence-electron chi connectivity index (χ4n) is 2.46. The van der Waals surface area contributed by atoms with Crippen molar-refractivity contribution in [2.45, 2.75) is 0 Å². The molecule has 0 atom stereocenters. The van der Waals surface area contributed by atoms with Crippen LogP contribution in [0.25, 0.3) is 22.1 Å². The van der Waals surface area contributed by atoms with Gasteiger partial charge in [-0.25, -0.2) is 0 Å². The second kappa shape index (κ2) is 5.57. The predicted octanol–water partition coefficient (Wildman–Crippen LogP) is 2.89. The summed E-state index contributed by atoms with van der Waals surface area (Å²) in [6, 6.07) is 7.51. The molecule has 0 amide bonds. The lowest BCUT2D eigenvalue weighted by atomic mass is 10.0. The Morgan fingerprint density at radius 3 is 2.52 bits per heavy atom. The standard InChI is InChI=1S/C17H14O6/c1-21-14-7-9(6-12(19)17(14)22-2)10-8-23-13-5-3-4-11(18)15(13)16(10)20/h3-8,18-19H,1-2H3. The number of hydrogen-bond donors (Lipinski definition) is 2. The molecule has 2 N–H and O–H groups in total. The number of phenols is 2. The van der Waals surface area contributed by atoms with Crippen molar-refractivity contribution in [3.05, 3.63) is 46.8 Å². The first kappa shape index (κ1) is 14.8. The zero-order chi connectivity index (χ0) is 16.6. The summed E-state index contributed by atoms with van der Waals surface area (Å²) >= 11 is 0. The fraction of sp³-hybridized carbons (Fsp3) is 0.118. The van der Waals surface area contributed by atoms with Gasteiger partial charge in [0.1, 0.15) is 23.0 Å². The highest BCUT2D eigenvalue weighted by Crippen LogP contribution is 2.40. The van der Waals surface area contributed by atoms with Crippen LogP contribution in [-0.2, 0) is 0 Å². The van der Waals surface area contributed by atoms with Crippen molar-refractivity contribution >= 4 is 11.0 Å². The van der Waals surface area contributed by atoms with Gasteiger partial charge in [-0.1, -0.05) is 6.07 Å². The molecule has 0 aliphatic carbocycles. The van der Waals surface area contributed by atoms with Gasteiger partial charge in [0.15, 0.2) is 11.5 Å². The molecule has 3 aromatic rings. The number of ether oxygens (including phenoxy) is 2. The minimum absolute atomic E-state index is 0.0827. The lowest BCUT2D eigenvalue weighted by Crippen LogP contribution is -2.05. The molecule has 6 nitrogen and oxygen atoms in total. The van der Waals surface area contributed by atoms with Crippen LogP contribution in [0.5, 0.6) is 23.0 Å². The number of rotatable bonds is 3. The Kier molecular flexibility index (Phi) is 3.57. The lowest BCUT2D eigenvalue weighted by molar-refractivity contribution is 0.333. The van der Waals surface area contributed by atoms with Crippen molar-refractivity contribution in [1.82, 2.24) is 0 Å². The SMILES string of the molecule is COc1cc(-c2coc3cccc(O)c3c2=O)cc(O)c1OC. The Hall–Kier alpha value is -3.15. The van der Waals surface area contributed by atoms with E-state index in [2.05, 4.69) is 0 Å². The van der Waals surface area contributed by atoms with Gasteiger partial charge < -0.3 is 24.1 Å². The van der Waals surface area contributed by atoms with E-state index in [4.69, 9.17) is 13.9 Å². The first-order chi connectivity index (χ1) is 11.1. The Labute approximate surface area is 131 Å². The van der Waals surface area contributed by atoms with Gasteiger partial charge in [0.2, 0.25) is 11.2 Å². The van der Waals surface area contributed by atoms with Gasteiger partial charge in [-0.05, 0) is 29.8 Å². The van der Waals surface area contributed by atoms with E-state index in [9.17, 15) is 15.0 Å². The van der Waals surface area contributed by atoms with Crippen molar-refractivity contribution in [3.63, 3.8) is 0 Å². The van der Waals surface area contributed by atoms with Gasteiger partial charge in [0, 0.05) is 0 Å². The molecule has 6 heteroatoms. The molecule has 0 fully saturated rings. The molecule has 0 aliphatic rings. The molecule has 0 radical (unpaired) electrons. The normalized spacial score (nSPS) is 10.7. The third kappa shape index (κ3) is 2.34. The molecule has 118 valence electrons. The molecule has 2 aromatic carbocycles. The van der Waals surface area contributed by atoms with Crippen molar-refractivity contribution in [2.24, 2.45) is 0 Å². The van der Waals surface area contributed by atoms with Crippen molar-refractivity contribution < 1.29 is 24.1 Å². The molecule has 0 saturated carbocycles. The van der Waals surface area contributed by atoms with Crippen LogP contribution in [0.1, 0.15) is 0 Å². The highest BCUT2D eigenvalue weighted by molar-refractivity contribution is 5.87. The van der Waals surface area contributed by atoms with Gasteiger partial charge in [-0.3, -0.25) is 4.79 Å². The molecule has 0 bridgehead atoms. The van der Waals surface area contributed by atoms with E-state index in [1.165, 1.54) is 32.6 Å². The van der Waals surface area contributed by atoms with Crippen LogP contribution in [0.4, 0.5) is 0 Å². The van der Waals surface area contributed by atoms with Crippen LogP contribution >= 0.6 is 0 Å². The molecular weight excluding hydrogens is 300 g/mol. The third-order valence-corrected chi connectivity index (χ3v) is 3.55. The number of aromatic hydroxyl groups is 2. The lowest BCUT2D eigenvalue weighted by Gasteiger charge is -2.11. The molecule has 0 saturated heterocycles. The van der Waals surface area contributed by atoms with Gasteiger partial charge in [0.05, 0.1) is 19.8 Å². The zero-order valence-electron chi connectivity index (χ0n) is 12.5. The van der Waals surface area contributed by atoms with Crippen molar-refractivity contribution in [3.8, 4) is 34.1 Å². The molecule has 0 spiro atoms. The molecule has 0 aliphatic heterocycles. The van der Waals surface area contributed by atoms with Gasteiger partial charge >= 0.3 is 0 Å². The van der Waals surface area contributed by atoms with Crippen LogP contribution in [0.3, 0.4) is 0 Å². The average molecular weight is 314 g/mol. The maximum atomic E-state index is 12.6. The molecular formula is C17H14O6. The minimum atomic E-state index is -0.407. The summed E-state index contributed by atoms with van der Waals surface area (Å²) in [4.78, 5) is 12.6. The van der Waals surface area contributed by atoms with Crippen LogP contribution < -0.4 is 14.9 Å². The zero-order valence-corrected chi connectivity index (χ0v) is 12.5. The molecule has 1 heterocycles. The van der Waals surface area contributed by atoms with E-state index < -0.39 is 5.43 Å². The molecule has 1 aromatic heterocycles. The third-order valence-electron chi connectivity index (χ3n) is 3.55. The van der Waals surface area contributed by atoms with E-state index in [0.717, 1.165) is 0 Å². The Balaban J connectivity index is 2.30. The summed E-state index contributed by atoms with van der Waals surface area (Å²) in [6.45, 7) is 0. The Morgan fingerprint density at radius 1 is 1.04 bits per heavy atom. The van der Waals surface area contributed by atoms with Crippen LogP contribution in [0, 0.1) is 0 Å². The van der Waals surface area contributed by atoms with Crippen molar-refractivity contribution in [1.29, 1.82) is 0 Å². The fourth-order valence-corrected chi connectivity index (χ4v) is 2.46. The van der Waals surface area contributed by atoms with Gasteiger partial charge in [0.25, 0.3) is 0 Å². The minimum Gasteiger partial charge on any atom is -0.507 e. The first-order valence-electron chi connectivity index (χ1n) is 6.75. The second-order valence-corrected chi connectivity index (χ2v) is 4.86. The van der Waals surface area contributed by atoms with Crippen LogP contribution in [-0.4, -0.2) is 24.4 Å². The second-order valence-electron chi connectivity index (χ2n) is 4.86. The maximum absolute atomic E-state index is 12.6. The topological polar surface area (TPSA) is 89.1 Å². The number of fused-ring (bicyclic) bond motifs is 1. The van der Waals surface area contributed by atoms with Crippen LogP contribution in [0.15, 0.2) is 45.8 Å². The molecule has 0 unspecified atom stereocenters. The summed E-state index contributed by atoms with van der Waals surface area (Å²) in [5.41, 5.74) is 0.453. The number of hydrogen-bond acceptors (Lipinski definition) is 6.